The number of hydrogen-bond acceptors (Lipinski definition) is 2. The molecule has 1 fully saturated rings. The fraction of sp³-hybridized carbons (Fsp3) is 0.375. The number of nitrogens with zero attached hydrogens (tertiary/aromatic N) is 1. The van der Waals surface area contributed by atoms with E-state index in [0.29, 0.717) is 11.0 Å². The van der Waals surface area contributed by atoms with E-state index in [4.69, 9.17) is 29.0 Å². The van der Waals surface area contributed by atoms with Crippen molar-refractivity contribution in [3.05, 3.63) is 23.3 Å². The van der Waals surface area contributed by atoms with Crippen molar-refractivity contribution in [2.45, 2.75) is 12.8 Å². The van der Waals surface area contributed by atoms with Gasteiger partial charge in [-0.05, 0) is 30.4 Å². The Morgan fingerprint density at radius 2 is 2.08 bits per heavy atom. The van der Waals surface area contributed by atoms with Crippen LogP contribution in [-0.2, 0) is 0 Å². The molecule has 0 unspecified atom stereocenters. The van der Waals surface area contributed by atoms with Gasteiger partial charge < -0.3 is 5.84 Å². The van der Waals surface area contributed by atoms with Crippen LogP contribution in [0.2, 0.25) is 0 Å². The van der Waals surface area contributed by atoms with Gasteiger partial charge in [-0.25, -0.2) is 0 Å². The molecular formula is C8H10Cl2N2. The van der Waals surface area contributed by atoms with Crippen LogP contribution in [0.25, 0.3) is 0 Å². The Morgan fingerprint density at radius 1 is 1.50 bits per heavy atom. The minimum absolute atomic E-state index is 0.263. The third-order valence-electron chi connectivity index (χ3n) is 1.73. The molecule has 0 amide bonds. The highest BCUT2D eigenvalue weighted by molar-refractivity contribution is 6.68. The summed E-state index contributed by atoms with van der Waals surface area (Å²) in [6, 6.07) is 0. The highest BCUT2D eigenvalue weighted by Gasteiger charge is 2.27. The lowest BCUT2D eigenvalue weighted by molar-refractivity contribution is 1.05. The molecule has 0 saturated heterocycles. The van der Waals surface area contributed by atoms with Gasteiger partial charge in [0.05, 0.1) is 0 Å². The fourth-order valence-corrected chi connectivity index (χ4v) is 1.30. The van der Waals surface area contributed by atoms with Gasteiger partial charge >= 0.3 is 0 Å². The van der Waals surface area contributed by atoms with Crippen molar-refractivity contribution in [2.24, 2.45) is 16.9 Å². The van der Waals surface area contributed by atoms with Crippen LogP contribution in [0.1, 0.15) is 12.8 Å². The molecule has 0 heterocycles. The monoisotopic (exact) mass is 204 g/mol. The number of halogens is 2. The molecule has 1 aliphatic carbocycles. The van der Waals surface area contributed by atoms with Gasteiger partial charge in [-0.15, -0.1) is 0 Å². The van der Waals surface area contributed by atoms with E-state index < -0.39 is 0 Å². The zero-order valence-electron chi connectivity index (χ0n) is 6.56. The Labute approximate surface area is 81.7 Å². The van der Waals surface area contributed by atoms with Crippen molar-refractivity contribution in [3.8, 4) is 0 Å². The standard InChI is InChI=1S/C8H10Cl2N2/c1-5(9)7(6-2-3-6)4-8(10)12-11/h4,6H,1-3,11H2/b7-4+,12-8+. The zero-order chi connectivity index (χ0) is 9.14. The van der Waals surface area contributed by atoms with Gasteiger partial charge in [-0.3, -0.25) is 0 Å². The largest absolute Gasteiger partial charge is 0.322 e. The molecule has 0 atom stereocenters. The van der Waals surface area contributed by atoms with Crippen LogP contribution in [0.4, 0.5) is 0 Å². The summed E-state index contributed by atoms with van der Waals surface area (Å²) in [6.07, 6.45) is 3.97. The first-order chi connectivity index (χ1) is 5.65. The van der Waals surface area contributed by atoms with Crippen molar-refractivity contribution in [1.29, 1.82) is 0 Å². The van der Waals surface area contributed by atoms with Crippen LogP contribution >= 0.6 is 23.2 Å². The molecule has 1 saturated carbocycles. The number of rotatable bonds is 3. The minimum Gasteiger partial charge on any atom is -0.322 e. The lowest BCUT2D eigenvalue weighted by Gasteiger charge is -2.00. The van der Waals surface area contributed by atoms with E-state index >= 15 is 0 Å². The summed E-state index contributed by atoms with van der Waals surface area (Å²) in [5.41, 5.74) is 0.955. The molecule has 4 heteroatoms. The SMILES string of the molecule is C=C(Cl)/C(=C\C(Cl)=N/N)C1CC1. The summed E-state index contributed by atoms with van der Waals surface area (Å²) in [7, 11) is 0. The maximum Gasteiger partial charge on any atom is 0.148 e. The molecule has 0 aromatic carbocycles. The quantitative estimate of drug-likeness (QED) is 0.327. The van der Waals surface area contributed by atoms with Crippen LogP contribution in [0.3, 0.4) is 0 Å². The first-order valence-electron chi connectivity index (χ1n) is 3.65. The Hall–Kier alpha value is -0.470. The molecule has 2 nitrogen and oxygen atoms in total. The van der Waals surface area contributed by atoms with Crippen molar-refractivity contribution in [1.82, 2.24) is 0 Å². The number of hydrogen-bond donors (Lipinski definition) is 1. The van der Waals surface area contributed by atoms with E-state index in [1.165, 1.54) is 0 Å². The van der Waals surface area contributed by atoms with Gasteiger partial charge in [0.1, 0.15) is 5.17 Å². The molecule has 66 valence electrons. The van der Waals surface area contributed by atoms with E-state index in [0.717, 1.165) is 18.4 Å². The van der Waals surface area contributed by atoms with Gasteiger partial charge in [-0.1, -0.05) is 29.8 Å². The van der Waals surface area contributed by atoms with E-state index in [1.807, 2.05) is 0 Å². The van der Waals surface area contributed by atoms with Gasteiger partial charge in [0.15, 0.2) is 0 Å². The van der Waals surface area contributed by atoms with E-state index in [1.54, 1.807) is 6.08 Å². The van der Waals surface area contributed by atoms with Crippen LogP contribution in [0.15, 0.2) is 28.4 Å². The molecule has 0 bridgehead atoms. The Bertz CT molecular complexity index is 252. The van der Waals surface area contributed by atoms with Gasteiger partial charge in [-0.2, -0.15) is 5.10 Å². The summed E-state index contributed by atoms with van der Waals surface area (Å²) >= 11 is 11.4. The second-order valence-corrected chi connectivity index (χ2v) is 3.57. The predicted octanol–water partition coefficient (Wildman–Crippen LogP) is 2.59. The lowest BCUT2D eigenvalue weighted by atomic mass is 10.1. The number of nitrogens with two attached hydrogens (primary N) is 1. The van der Waals surface area contributed by atoms with E-state index in [9.17, 15) is 0 Å². The summed E-state index contributed by atoms with van der Waals surface area (Å²) in [5, 5.41) is 4.12. The zero-order valence-corrected chi connectivity index (χ0v) is 8.07. The summed E-state index contributed by atoms with van der Waals surface area (Å²) < 4.78 is 0. The Kier molecular flexibility index (Phi) is 3.18. The van der Waals surface area contributed by atoms with Crippen LogP contribution in [-0.4, -0.2) is 5.17 Å². The molecule has 0 spiro atoms. The first kappa shape index (κ1) is 9.62. The highest BCUT2D eigenvalue weighted by Crippen LogP contribution is 2.40. The molecule has 2 N–H and O–H groups in total. The summed E-state index contributed by atoms with van der Waals surface area (Å²) in [6.45, 7) is 3.65. The molecule has 1 aliphatic rings. The number of allylic oxidation sites excluding steroid dienone is 3. The normalized spacial score (nSPS) is 19.5. The Balaban J connectivity index is 2.77. The van der Waals surface area contributed by atoms with Crippen molar-refractivity contribution in [3.63, 3.8) is 0 Å². The third-order valence-corrected chi connectivity index (χ3v) is 2.15. The summed E-state index contributed by atoms with van der Waals surface area (Å²) in [5.74, 6) is 5.48. The van der Waals surface area contributed by atoms with Gasteiger partial charge in [0.25, 0.3) is 0 Å². The van der Waals surface area contributed by atoms with Crippen molar-refractivity contribution >= 4 is 28.4 Å². The smallest absolute Gasteiger partial charge is 0.148 e. The molecule has 0 radical (unpaired) electrons. The van der Waals surface area contributed by atoms with Crippen molar-refractivity contribution in [2.75, 3.05) is 0 Å². The van der Waals surface area contributed by atoms with E-state index in [-0.39, 0.29) is 5.17 Å². The average molecular weight is 205 g/mol. The third kappa shape index (κ3) is 2.54. The Morgan fingerprint density at radius 3 is 2.42 bits per heavy atom. The maximum atomic E-state index is 5.76. The predicted molar refractivity (Wildman–Crippen MR) is 53.3 cm³/mol. The molecular weight excluding hydrogens is 195 g/mol. The molecule has 0 aromatic rings. The minimum atomic E-state index is 0.263. The first-order valence-corrected chi connectivity index (χ1v) is 4.40. The average Bonchev–Trinajstić information content (AvgIpc) is 2.81. The van der Waals surface area contributed by atoms with Crippen LogP contribution in [0, 0.1) is 5.92 Å². The molecule has 12 heavy (non-hydrogen) atoms. The highest BCUT2D eigenvalue weighted by atomic mass is 35.5. The lowest BCUT2D eigenvalue weighted by Crippen LogP contribution is -1.93. The van der Waals surface area contributed by atoms with E-state index in [2.05, 4.69) is 11.7 Å². The second kappa shape index (κ2) is 3.97. The van der Waals surface area contributed by atoms with Crippen molar-refractivity contribution < 1.29 is 0 Å². The molecule has 1 rings (SSSR count). The number of hydrazone groups is 1. The maximum absolute atomic E-state index is 5.76. The molecule has 0 aromatic heterocycles. The topological polar surface area (TPSA) is 38.4 Å². The van der Waals surface area contributed by atoms with Crippen LogP contribution < -0.4 is 5.84 Å². The summed E-state index contributed by atoms with van der Waals surface area (Å²) in [4.78, 5) is 0. The fourth-order valence-electron chi connectivity index (χ4n) is 0.978. The second-order valence-electron chi connectivity index (χ2n) is 2.73. The van der Waals surface area contributed by atoms with Gasteiger partial charge in [0.2, 0.25) is 0 Å². The van der Waals surface area contributed by atoms with Gasteiger partial charge in [0, 0.05) is 5.03 Å². The molecule has 0 aliphatic heterocycles. The van der Waals surface area contributed by atoms with Crippen LogP contribution in [0.5, 0.6) is 0 Å².